The van der Waals surface area contributed by atoms with E-state index in [1.165, 1.54) is 22.5 Å². The average molecular weight is 379 g/mol. The highest BCUT2D eigenvalue weighted by atomic mass is 32.1. The van der Waals surface area contributed by atoms with Crippen molar-refractivity contribution in [3.05, 3.63) is 98.9 Å². The fourth-order valence-electron chi connectivity index (χ4n) is 3.64. The Bertz CT molecular complexity index is 849. The van der Waals surface area contributed by atoms with Gasteiger partial charge in [0.2, 0.25) is 0 Å². The third-order valence-electron chi connectivity index (χ3n) is 4.87. The quantitative estimate of drug-likeness (QED) is 0.461. The zero-order chi connectivity index (χ0) is 18.6. The first-order chi connectivity index (χ1) is 13.2. The van der Waals surface area contributed by atoms with Gasteiger partial charge < -0.3 is 0 Å². The summed E-state index contributed by atoms with van der Waals surface area (Å²) in [5.74, 6) is 0. The van der Waals surface area contributed by atoms with Crippen molar-refractivity contribution in [1.29, 1.82) is 0 Å². The van der Waals surface area contributed by atoms with Crippen LogP contribution in [0.4, 0.5) is 5.00 Å². The van der Waals surface area contributed by atoms with E-state index in [0.29, 0.717) is 0 Å². The molecule has 138 valence electrons. The van der Waals surface area contributed by atoms with Gasteiger partial charge in [0.25, 0.3) is 0 Å². The highest BCUT2D eigenvalue weighted by Gasteiger charge is 2.35. The summed E-state index contributed by atoms with van der Waals surface area (Å²) < 4.78 is 0. The first kappa shape index (κ1) is 17.9. The van der Waals surface area contributed by atoms with E-state index >= 15 is 0 Å². The van der Waals surface area contributed by atoms with Crippen molar-refractivity contribution >= 4 is 16.3 Å². The van der Waals surface area contributed by atoms with Crippen LogP contribution in [0.5, 0.6) is 0 Å². The molecule has 0 radical (unpaired) electrons. The lowest BCUT2D eigenvalue weighted by Gasteiger charge is -2.29. The Hall–Kier alpha value is -2.54. The van der Waals surface area contributed by atoms with Gasteiger partial charge in [-0.1, -0.05) is 72.0 Å². The van der Waals surface area contributed by atoms with Crippen LogP contribution >= 0.6 is 11.3 Å². The normalized spacial score (nSPS) is 16.0. The first-order valence-corrected chi connectivity index (χ1v) is 9.82. The van der Waals surface area contributed by atoms with Crippen LogP contribution in [0.25, 0.3) is 0 Å². The van der Waals surface area contributed by atoms with Crippen LogP contribution in [0.2, 0.25) is 0 Å². The van der Waals surface area contributed by atoms with E-state index in [4.69, 9.17) is 0 Å². The second-order valence-corrected chi connectivity index (χ2v) is 7.81. The SMILES string of the molecule is O=[N+]([O-])c1ccc(C2N(Cc3ccccc3)CCN2Cc2ccccc2)s1. The molecule has 27 heavy (non-hydrogen) atoms. The Labute approximate surface area is 162 Å². The zero-order valence-corrected chi connectivity index (χ0v) is 15.7. The van der Waals surface area contributed by atoms with Crippen LogP contribution in [0, 0.1) is 10.1 Å². The molecule has 0 N–H and O–H groups in total. The summed E-state index contributed by atoms with van der Waals surface area (Å²) in [6.07, 6.45) is 0.0594. The molecule has 2 aromatic carbocycles. The molecule has 0 aliphatic carbocycles. The van der Waals surface area contributed by atoms with Crippen molar-refractivity contribution in [2.24, 2.45) is 0 Å². The van der Waals surface area contributed by atoms with Gasteiger partial charge in [-0.15, -0.1) is 0 Å². The van der Waals surface area contributed by atoms with Crippen LogP contribution in [0.15, 0.2) is 72.8 Å². The summed E-state index contributed by atoms with van der Waals surface area (Å²) in [6, 6.07) is 24.3. The Morgan fingerprint density at radius 1 is 0.852 bits per heavy atom. The summed E-state index contributed by atoms with van der Waals surface area (Å²) in [4.78, 5) is 16.7. The molecule has 0 amide bonds. The molecule has 2 heterocycles. The molecule has 6 heteroatoms. The van der Waals surface area contributed by atoms with E-state index < -0.39 is 0 Å². The van der Waals surface area contributed by atoms with Crippen molar-refractivity contribution < 1.29 is 4.92 Å². The van der Waals surface area contributed by atoms with Gasteiger partial charge in [-0.2, -0.15) is 0 Å². The smallest absolute Gasteiger partial charge is 0.278 e. The lowest BCUT2D eigenvalue weighted by Crippen LogP contribution is -2.29. The molecular formula is C21H21N3O2S. The molecule has 0 unspecified atom stereocenters. The fraction of sp³-hybridized carbons (Fsp3) is 0.238. The number of thiophene rings is 1. The third kappa shape index (κ3) is 4.08. The number of rotatable bonds is 6. The minimum atomic E-state index is -0.299. The van der Waals surface area contributed by atoms with Gasteiger partial charge >= 0.3 is 5.00 Å². The van der Waals surface area contributed by atoms with Crippen LogP contribution < -0.4 is 0 Å². The second kappa shape index (κ2) is 8.00. The monoisotopic (exact) mass is 379 g/mol. The molecule has 1 aliphatic heterocycles. The predicted molar refractivity (Wildman–Crippen MR) is 107 cm³/mol. The van der Waals surface area contributed by atoms with Gasteiger partial charge in [0.05, 0.1) is 11.1 Å². The van der Waals surface area contributed by atoms with E-state index in [9.17, 15) is 10.1 Å². The Balaban J connectivity index is 1.61. The molecule has 0 bridgehead atoms. The standard InChI is InChI=1S/C21H21N3O2S/c25-24(26)20-12-11-19(27-20)21-22(15-17-7-3-1-4-8-17)13-14-23(21)16-18-9-5-2-6-10-18/h1-12,21H,13-16H2. The van der Waals surface area contributed by atoms with E-state index in [1.54, 1.807) is 6.07 Å². The van der Waals surface area contributed by atoms with E-state index in [1.807, 2.05) is 18.2 Å². The summed E-state index contributed by atoms with van der Waals surface area (Å²) in [7, 11) is 0. The van der Waals surface area contributed by atoms with Crippen LogP contribution in [0.1, 0.15) is 22.2 Å². The van der Waals surface area contributed by atoms with Gasteiger partial charge in [-0.25, -0.2) is 0 Å². The van der Waals surface area contributed by atoms with E-state index in [-0.39, 0.29) is 16.1 Å². The van der Waals surface area contributed by atoms with Gasteiger partial charge in [-0.05, 0) is 17.2 Å². The van der Waals surface area contributed by atoms with Crippen molar-refractivity contribution in [2.75, 3.05) is 13.1 Å². The van der Waals surface area contributed by atoms with Crippen LogP contribution in [-0.4, -0.2) is 27.8 Å². The number of nitrogens with zero attached hydrogens (tertiary/aromatic N) is 3. The predicted octanol–water partition coefficient (Wildman–Crippen LogP) is 4.67. The maximum absolute atomic E-state index is 11.2. The van der Waals surface area contributed by atoms with Crippen molar-refractivity contribution in [2.45, 2.75) is 19.3 Å². The van der Waals surface area contributed by atoms with Crippen LogP contribution in [0.3, 0.4) is 0 Å². The first-order valence-electron chi connectivity index (χ1n) is 9.01. The minimum absolute atomic E-state index is 0.0594. The Morgan fingerprint density at radius 2 is 1.37 bits per heavy atom. The van der Waals surface area contributed by atoms with Gasteiger partial charge in [0.15, 0.2) is 0 Å². The van der Waals surface area contributed by atoms with Gasteiger partial charge in [-0.3, -0.25) is 19.9 Å². The molecule has 4 rings (SSSR count). The van der Waals surface area contributed by atoms with Crippen molar-refractivity contribution in [3.63, 3.8) is 0 Å². The van der Waals surface area contributed by atoms with E-state index in [0.717, 1.165) is 31.1 Å². The highest BCUT2D eigenvalue weighted by molar-refractivity contribution is 7.15. The molecule has 1 saturated heterocycles. The lowest BCUT2D eigenvalue weighted by atomic mass is 10.2. The lowest BCUT2D eigenvalue weighted by molar-refractivity contribution is -0.380. The van der Waals surface area contributed by atoms with Gasteiger partial charge in [0.1, 0.15) is 0 Å². The average Bonchev–Trinajstić information content (AvgIpc) is 3.31. The number of nitro groups is 1. The number of hydrogen-bond acceptors (Lipinski definition) is 5. The third-order valence-corrected chi connectivity index (χ3v) is 5.95. The summed E-state index contributed by atoms with van der Waals surface area (Å²) >= 11 is 1.28. The highest BCUT2D eigenvalue weighted by Crippen LogP contribution is 2.38. The Kier molecular flexibility index (Phi) is 5.29. The number of hydrogen-bond donors (Lipinski definition) is 0. The van der Waals surface area contributed by atoms with E-state index in [2.05, 4.69) is 58.3 Å². The topological polar surface area (TPSA) is 49.6 Å². The molecule has 0 atom stereocenters. The molecule has 1 aromatic heterocycles. The van der Waals surface area contributed by atoms with Gasteiger partial charge in [0, 0.05) is 37.1 Å². The van der Waals surface area contributed by atoms with Crippen molar-refractivity contribution in [3.8, 4) is 0 Å². The zero-order valence-electron chi connectivity index (χ0n) is 14.9. The Morgan fingerprint density at radius 3 is 1.81 bits per heavy atom. The molecular weight excluding hydrogens is 358 g/mol. The summed E-state index contributed by atoms with van der Waals surface area (Å²) in [5, 5.41) is 11.4. The van der Waals surface area contributed by atoms with Crippen LogP contribution in [-0.2, 0) is 13.1 Å². The molecule has 1 fully saturated rings. The molecule has 3 aromatic rings. The molecule has 1 aliphatic rings. The largest absolute Gasteiger partial charge is 0.324 e. The van der Waals surface area contributed by atoms with Crippen molar-refractivity contribution in [1.82, 2.24) is 9.80 Å². The molecule has 0 spiro atoms. The fourth-order valence-corrected chi connectivity index (χ4v) is 4.63. The second-order valence-electron chi connectivity index (χ2n) is 6.72. The maximum Gasteiger partial charge on any atom is 0.324 e. The molecule has 0 saturated carbocycles. The number of benzene rings is 2. The summed E-state index contributed by atoms with van der Waals surface area (Å²) in [5.41, 5.74) is 2.52. The molecule has 5 nitrogen and oxygen atoms in total. The minimum Gasteiger partial charge on any atom is -0.278 e. The summed E-state index contributed by atoms with van der Waals surface area (Å²) in [6.45, 7) is 3.56. The maximum atomic E-state index is 11.2.